The van der Waals surface area contributed by atoms with E-state index in [1.807, 2.05) is 0 Å². The summed E-state index contributed by atoms with van der Waals surface area (Å²) >= 11 is 0. The fourth-order valence-electron chi connectivity index (χ4n) is 1.98. The van der Waals surface area contributed by atoms with Crippen LogP contribution in [0.4, 0.5) is 13.2 Å². The monoisotopic (exact) mass is 254 g/mol. The molecule has 0 saturated carbocycles. The number of nitrogens with zero attached hydrogens (tertiary/aromatic N) is 1. The van der Waals surface area contributed by atoms with Gasteiger partial charge in [-0.05, 0) is 6.92 Å². The summed E-state index contributed by atoms with van der Waals surface area (Å²) in [5.41, 5.74) is 3.28. The number of methoxy groups -OCH3 is 1. The van der Waals surface area contributed by atoms with Crippen molar-refractivity contribution in [1.82, 2.24) is 4.90 Å². The van der Waals surface area contributed by atoms with Crippen molar-refractivity contribution in [2.24, 2.45) is 5.73 Å². The van der Waals surface area contributed by atoms with Crippen LogP contribution in [0.1, 0.15) is 19.8 Å². The van der Waals surface area contributed by atoms with Crippen molar-refractivity contribution in [2.75, 3.05) is 20.2 Å². The van der Waals surface area contributed by atoms with Gasteiger partial charge in [0.2, 0.25) is 5.91 Å². The van der Waals surface area contributed by atoms with Crippen molar-refractivity contribution >= 4 is 5.91 Å². The third-order valence-corrected chi connectivity index (χ3v) is 3.18. The first kappa shape index (κ1) is 14.2. The number of halogens is 3. The van der Waals surface area contributed by atoms with Crippen LogP contribution >= 0.6 is 0 Å². The molecule has 0 aromatic heterocycles. The minimum absolute atomic E-state index is 0.0216. The van der Waals surface area contributed by atoms with E-state index in [0.717, 1.165) is 7.11 Å². The second-order valence-corrected chi connectivity index (χ2v) is 4.31. The third-order valence-electron chi connectivity index (χ3n) is 3.18. The lowest BCUT2D eigenvalue weighted by Gasteiger charge is -2.42. The summed E-state index contributed by atoms with van der Waals surface area (Å²) in [6, 6.07) is -0.684. The molecule has 1 aliphatic rings. The fourth-order valence-corrected chi connectivity index (χ4v) is 1.98. The van der Waals surface area contributed by atoms with Gasteiger partial charge < -0.3 is 15.4 Å². The van der Waals surface area contributed by atoms with Gasteiger partial charge in [0.05, 0.1) is 6.04 Å². The first-order valence-electron chi connectivity index (χ1n) is 5.40. The molecule has 0 aliphatic carbocycles. The summed E-state index contributed by atoms with van der Waals surface area (Å²) in [6.45, 7) is 1.56. The highest BCUT2D eigenvalue weighted by Crippen LogP contribution is 2.41. The number of rotatable bonds is 2. The van der Waals surface area contributed by atoms with Gasteiger partial charge in [0, 0.05) is 33.0 Å². The normalized spacial score (nSPS) is 22.4. The maximum absolute atomic E-state index is 12.8. The van der Waals surface area contributed by atoms with Crippen LogP contribution in [0.2, 0.25) is 0 Å². The average Bonchev–Trinajstić information content (AvgIpc) is 2.26. The van der Waals surface area contributed by atoms with E-state index in [9.17, 15) is 18.0 Å². The van der Waals surface area contributed by atoms with Crippen LogP contribution in [0.15, 0.2) is 0 Å². The van der Waals surface area contributed by atoms with Gasteiger partial charge >= 0.3 is 6.18 Å². The Morgan fingerprint density at radius 3 is 2.18 bits per heavy atom. The molecular formula is C10H17F3N2O2. The first-order valence-corrected chi connectivity index (χ1v) is 5.40. The molecular weight excluding hydrogens is 237 g/mol. The molecule has 1 saturated heterocycles. The molecule has 1 atom stereocenters. The van der Waals surface area contributed by atoms with E-state index in [1.165, 1.54) is 11.8 Å². The maximum atomic E-state index is 12.8. The Kier molecular flexibility index (Phi) is 4.03. The number of hydrogen-bond acceptors (Lipinski definition) is 3. The lowest BCUT2D eigenvalue weighted by Crippen LogP contribution is -2.57. The van der Waals surface area contributed by atoms with Gasteiger partial charge in [-0.3, -0.25) is 4.79 Å². The van der Waals surface area contributed by atoms with E-state index in [0.29, 0.717) is 0 Å². The molecule has 0 aromatic carbocycles. The van der Waals surface area contributed by atoms with Crippen molar-refractivity contribution in [2.45, 2.75) is 37.6 Å². The van der Waals surface area contributed by atoms with E-state index in [4.69, 9.17) is 5.73 Å². The summed E-state index contributed by atoms with van der Waals surface area (Å²) in [4.78, 5) is 12.9. The van der Waals surface area contributed by atoms with Gasteiger partial charge in [-0.1, -0.05) is 0 Å². The number of piperidine rings is 1. The predicted molar refractivity (Wildman–Crippen MR) is 55.3 cm³/mol. The topological polar surface area (TPSA) is 55.6 Å². The van der Waals surface area contributed by atoms with Gasteiger partial charge in [0.15, 0.2) is 5.60 Å². The molecule has 0 spiro atoms. The fraction of sp³-hybridized carbons (Fsp3) is 0.900. The van der Waals surface area contributed by atoms with Crippen LogP contribution in [0.25, 0.3) is 0 Å². The zero-order valence-corrected chi connectivity index (χ0v) is 9.88. The zero-order chi connectivity index (χ0) is 13.3. The van der Waals surface area contributed by atoms with Crippen LogP contribution in [0.5, 0.6) is 0 Å². The summed E-state index contributed by atoms with van der Waals surface area (Å²) in [5, 5.41) is 0. The Morgan fingerprint density at radius 1 is 1.41 bits per heavy atom. The Morgan fingerprint density at radius 2 is 1.88 bits per heavy atom. The largest absolute Gasteiger partial charge is 0.417 e. The molecule has 100 valence electrons. The molecule has 1 fully saturated rings. The molecule has 1 aliphatic heterocycles. The lowest BCUT2D eigenvalue weighted by atomic mass is 9.90. The number of hydrogen-bond donors (Lipinski definition) is 1. The average molecular weight is 254 g/mol. The Hall–Kier alpha value is -0.820. The quantitative estimate of drug-likeness (QED) is 0.796. The highest BCUT2D eigenvalue weighted by atomic mass is 19.4. The van der Waals surface area contributed by atoms with Crippen LogP contribution < -0.4 is 5.73 Å². The minimum Gasteiger partial charge on any atom is -0.369 e. The number of carbonyl (C=O) groups excluding carboxylic acids is 1. The molecule has 0 bridgehead atoms. The van der Waals surface area contributed by atoms with Gasteiger partial charge in [-0.2, -0.15) is 13.2 Å². The van der Waals surface area contributed by atoms with Crippen LogP contribution in [0.3, 0.4) is 0 Å². The van der Waals surface area contributed by atoms with E-state index < -0.39 is 17.8 Å². The van der Waals surface area contributed by atoms with Gasteiger partial charge in [-0.15, -0.1) is 0 Å². The molecule has 0 unspecified atom stereocenters. The molecule has 1 rings (SSSR count). The van der Waals surface area contributed by atoms with E-state index in [2.05, 4.69) is 4.74 Å². The molecule has 2 N–H and O–H groups in total. The Bertz CT molecular complexity index is 284. The van der Waals surface area contributed by atoms with Gasteiger partial charge in [0.25, 0.3) is 0 Å². The highest BCUT2D eigenvalue weighted by molar-refractivity contribution is 5.81. The Balaban J connectivity index is 2.69. The third kappa shape index (κ3) is 2.71. The minimum atomic E-state index is -4.41. The number of nitrogens with two attached hydrogens (primary N) is 1. The van der Waals surface area contributed by atoms with E-state index >= 15 is 0 Å². The molecule has 1 heterocycles. The number of ether oxygens (including phenoxy) is 1. The maximum Gasteiger partial charge on any atom is 0.417 e. The molecule has 0 aromatic rings. The number of alkyl halides is 3. The van der Waals surface area contributed by atoms with Crippen molar-refractivity contribution in [3.63, 3.8) is 0 Å². The van der Waals surface area contributed by atoms with E-state index in [1.54, 1.807) is 0 Å². The standard InChI is InChI=1S/C10H17F3N2O2/c1-7(14)8(16)15-5-3-9(17-2,4-6-15)10(11,12)13/h7H,3-6,14H2,1-2H3/t7-/m0/s1. The second-order valence-electron chi connectivity index (χ2n) is 4.31. The SMILES string of the molecule is COC1(C(F)(F)F)CCN(C(=O)[C@H](C)N)CC1. The summed E-state index contributed by atoms with van der Waals surface area (Å²) in [5.74, 6) is -0.322. The molecule has 17 heavy (non-hydrogen) atoms. The van der Waals surface area contributed by atoms with Crippen molar-refractivity contribution in [1.29, 1.82) is 0 Å². The number of carbonyl (C=O) groups is 1. The molecule has 4 nitrogen and oxygen atoms in total. The van der Waals surface area contributed by atoms with E-state index in [-0.39, 0.29) is 31.8 Å². The van der Waals surface area contributed by atoms with Crippen molar-refractivity contribution < 1.29 is 22.7 Å². The number of likely N-dealkylation sites (tertiary alicyclic amines) is 1. The van der Waals surface area contributed by atoms with Crippen LogP contribution in [-0.4, -0.2) is 48.8 Å². The Labute approximate surface area is 97.9 Å². The molecule has 0 radical (unpaired) electrons. The van der Waals surface area contributed by atoms with Gasteiger partial charge in [-0.25, -0.2) is 0 Å². The summed E-state index contributed by atoms with van der Waals surface area (Å²) < 4.78 is 43.1. The van der Waals surface area contributed by atoms with Crippen LogP contribution in [0, 0.1) is 0 Å². The second kappa shape index (κ2) is 4.81. The summed E-state index contributed by atoms with van der Waals surface area (Å²) in [6.07, 6.45) is -4.90. The van der Waals surface area contributed by atoms with Crippen molar-refractivity contribution in [3.8, 4) is 0 Å². The summed E-state index contributed by atoms with van der Waals surface area (Å²) in [7, 11) is 1.05. The molecule has 7 heteroatoms. The first-order chi connectivity index (χ1) is 7.73. The highest BCUT2D eigenvalue weighted by Gasteiger charge is 2.56. The number of amides is 1. The van der Waals surface area contributed by atoms with Gasteiger partial charge in [0.1, 0.15) is 0 Å². The van der Waals surface area contributed by atoms with Crippen molar-refractivity contribution in [3.05, 3.63) is 0 Å². The smallest absolute Gasteiger partial charge is 0.369 e. The van der Waals surface area contributed by atoms with Crippen LogP contribution in [-0.2, 0) is 9.53 Å². The predicted octanol–water partition coefficient (Wildman–Crippen LogP) is 0.904. The zero-order valence-electron chi connectivity index (χ0n) is 9.88. The molecule has 1 amide bonds. The lowest BCUT2D eigenvalue weighted by molar-refractivity contribution is -0.281.